The fourth-order valence-electron chi connectivity index (χ4n) is 5.17. The van der Waals surface area contributed by atoms with Crippen molar-refractivity contribution in [3.05, 3.63) is 46.7 Å². The van der Waals surface area contributed by atoms with E-state index in [1.165, 1.54) is 5.57 Å². The number of benzene rings is 1. The van der Waals surface area contributed by atoms with Crippen molar-refractivity contribution in [2.45, 2.75) is 30.1 Å². The first kappa shape index (κ1) is 14.4. The van der Waals surface area contributed by atoms with Gasteiger partial charge in [0.25, 0.3) is 0 Å². The summed E-state index contributed by atoms with van der Waals surface area (Å²) in [4.78, 5) is 2.25. The summed E-state index contributed by atoms with van der Waals surface area (Å²) in [5.74, 6) is 2.32. The zero-order valence-corrected chi connectivity index (χ0v) is 14.1. The Bertz CT molecular complexity index is 799. The fourth-order valence-corrected chi connectivity index (χ4v) is 5.17. The van der Waals surface area contributed by atoms with E-state index in [1.807, 2.05) is 18.2 Å². The Hall–Kier alpha value is -1.98. The van der Waals surface area contributed by atoms with E-state index in [1.54, 1.807) is 14.2 Å². The Balaban J connectivity index is 1.87. The molecule has 1 aromatic carbocycles. The number of ether oxygens (including phenoxy) is 3. The minimum atomic E-state index is -0.561. The molecule has 2 aliphatic carbocycles. The Labute approximate surface area is 141 Å². The second kappa shape index (κ2) is 4.55. The molecule has 5 rings (SSSR count). The molecule has 1 spiro atoms. The second-order valence-corrected chi connectivity index (χ2v) is 7.05. The standard InChI is InChI=1S/C19H21NO4/c1-20-9-8-19-11-5-7-13(23-3)18(19)24-17-12(22-2)6-4-10(14(17)19)16(21)15(11)20/h4-7,15-16,18,21H,8-9H2,1-3H3/t15-,16+,18-,19-/m0/s1. The highest BCUT2D eigenvalue weighted by Gasteiger charge is 2.63. The van der Waals surface area contributed by atoms with Crippen LogP contribution in [-0.4, -0.2) is 50.0 Å². The SMILES string of the molecule is COC1=CC=C2[C@H]3[C@H](O)c4ccc(OC)c5c4[C@@]2(CCN3C)[C@H]1O5. The Morgan fingerprint density at radius 1 is 1.25 bits per heavy atom. The Kier molecular flexibility index (Phi) is 2.73. The molecular weight excluding hydrogens is 306 g/mol. The van der Waals surface area contributed by atoms with E-state index >= 15 is 0 Å². The third kappa shape index (κ3) is 1.40. The van der Waals surface area contributed by atoms with Crippen LogP contribution in [-0.2, 0) is 10.2 Å². The van der Waals surface area contributed by atoms with E-state index in [-0.39, 0.29) is 17.6 Å². The maximum Gasteiger partial charge on any atom is 0.169 e. The van der Waals surface area contributed by atoms with Crippen molar-refractivity contribution in [2.24, 2.45) is 0 Å². The number of likely N-dealkylation sites (tertiary alicyclic amines) is 1. The van der Waals surface area contributed by atoms with Crippen molar-refractivity contribution >= 4 is 0 Å². The number of hydrogen-bond donors (Lipinski definition) is 1. The molecule has 1 fully saturated rings. The predicted molar refractivity (Wildman–Crippen MR) is 88.3 cm³/mol. The lowest BCUT2D eigenvalue weighted by molar-refractivity contribution is 0.0150. The van der Waals surface area contributed by atoms with E-state index in [2.05, 4.69) is 18.0 Å². The number of nitrogens with zero attached hydrogens (tertiary/aromatic N) is 1. The molecule has 2 heterocycles. The summed E-state index contributed by atoms with van der Waals surface area (Å²) in [7, 11) is 5.43. The normalized spacial score (nSPS) is 35.6. The van der Waals surface area contributed by atoms with Gasteiger partial charge < -0.3 is 19.3 Å². The molecule has 5 nitrogen and oxygen atoms in total. The van der Waals surface area contributed by atoms with Crippen molar-refractivity contribution in [2.75, 3.05) is 27.8 Å². The average Bonchev–Trinajstić information content (AvgIpc) is 2.94. The zero-order chi connectivity index (χ0) is 16.6. The van der Waals surface area contributed by atoms with Gasteiger partial charge in [0.1, 0.15) is 5.76 Å². The van der Waals surface area contributed by atoms with E-state index in [4.69, 9.17) is 14.2 Å². The number of aliphatic hydroxyl groups excluding tert-OH is 1. The molecule has 0 aromatic heterocycles. The summed E-state index contributed by atoms with van der Waals surface area (Å²) in [6.07, 6.45) is 4.31. The van der Waals surface area contributed by atoms with Crippen molar-refractivity contribution in [3.8, 4) is 11.5 Å². The molecule has 2 bridgehead atoms. The van der Waals surface area contributed by atoms with Crippen molar-refractivity contribution in [1.82, 2.24) is 4.90 Å². The summed E-state index contributed by atoms with van der Waals surface area (Å²) in [6.45, 7) is 0.909. The molecule has 24 heavy (non-hydrogen) atoms. The number of aliphatic hydroxyl groups is 1. The number of allylic oxidation sites excluding steroid dienone is 2. The first-order valence-electron chi connectivity index (χ1n) is 8.36. The van der Waals surface area contributed by atoms with Gasteiger partial charge in [-0.3, -0.25) is 4.90 Å². The van der Waals surface area contributed by atoms with Crippen LogP contribution >= 0.6 is 0 Å². The minimum Gasteiger partial charge on any atom is -0.497 e. The molecule has 4 aliphatic rings. The third-order valence-corrected chi connectivity index (χ3v) is 6.21. The fraction of sp³-hybridized carbons (Fsp3) is 0.474. The predicted octanol–water partition coefficient (Wildman–Crippen LogP) is 1.92. The molecule has 2 aliphatic heterocycles. The second-order valence-electron chi connectivity index (χ2n) is 7.05. The van der Waals surface area contributed by atoms with Gasteiger partial charge in [0.05, 0.1) is 31.8 Å². The molecule has 0 radical (unpaired) electrons. The molecule has 1 N–H and O–H groups in total. The molecule has 1 aromatic rings. The Morgan fingerprint density at radius 2 is 2.08 bits per heavy atom. The molecule has 1 saturated heterocycles. The lowest BCUT2D eigenvalue weighted by atomic mass is 9.56. The maximum absolute atomic E-state index is 11.1. The van der Waals surface area contributed by atoms with Gasteiger partial charge in [-0.1, -0.05) is 12.1 Å². The minimum absolute atomic E-state index is 0.0219. The van der Waals surface area contributed by atoms with Gasteiger partial charge in [0, 0.05) is 5.56 Å². The summed E-state index contributed by atoms with van der Waals surface area (Å²) in [5.41, 5.74) is 3.03. The van der Waals surface area contributed by atoms with Gasteiger partial charge in [-0.05, 0) is 43.3 Å². The Morgan fingerprint density at radius 3 is 2.83 bits per heavy atom. The zero-order valence-electron chi connectivity index (χ0n) is 14.1. The number of methoxy groups -OCH3 is 2. The number of hydrogen-bond acceptors (Lipinski definition) is 5. The van der Waals surface area contributed by atoms with E-state index in [9.17, 15) is 5.11 Å². The van der Waals surface area contributed by atoms with Crippen molar-refractivity contribution < 1.29 is 19.3 Å². The van der Waals surface area contributed by atoms with Gasteiger partial charge in [0.2, 0.25) is 0 Å². The number of piperidine rings is 1. The molecule has 0 unspecified atom stereocenters. The maximum atomic E-state index is 11.1. The summed E-state index contributed by atoms with van der Waals surface area (Å²) in [5, 5.41) is 11.1. The van der Waals surface area contributed by atoms with Crippen LogP contribution in [0.5, 0.6) is 11.5 Å². The molecule has 126 valence electrons. The van der Waals surface area contributed by atoms with Crippen LogP contribution in [0.3, 0.4) is 0 Å². The molecule has 0 amide bonds. The molecule has 4 atom stereocenters. The largest absolute Gasteiger partial charge is 0.497 e. The number of likely N-dealkylation sites (N-methyl/N-ethyl adjacent to an activating group) is 1. The third-order valence-electron chi connectivity index (χ3n) is 6.21. The van der Waals surface area contributed by atoms with Crippen LogP contribution < -0.4 is 9.47 Å². The van der Waals surface area contributed by atoms with Crippen LogP contribution in [0.4, 0.5) is 0 Å². The van der Waals surface area contributed by atoms with Crippen molar-refractivity contribution in [1.29, 1.82) is 0 Å². The van der Waals surface area contributed by atoms with Gasteiger partial charge >= 0.3 is 0 Å². The van der Waals surface area contributed by atoms with Gasteiger partial charge in [-0.15, -0.1) is 0 Å². The summed E-state index contributed by atoms with van der Waals surface area (Å²) < 4.78 is 17.6. The summed E-state index contributed by atoms with van der Waals surface area (Å²) in [6, 6.07) is 3.86. The molecular formula is C19H21NO4. The van der Waals surface area contributed by atoms with Gasteiger partial charge in [-0.25, -0.2) is 0 Å². The van der Waals surface area contributed by atoms with Crippen LogP contribution in [0, 0.1) is 0 Å². The van der Waals surface area contributed by atoms with Crippen LogP contribution in [0.25, 0.3) is 0 Å². The number of rotatable bonds is 2. The van der Waals surface area contributed by atoms with Gasteiger partial charge in [-0.2, -0.15) is 0 Å². The topological polar surface area (TPSA) is 51.2 Å². The first-order valence-corrected chi connectivity index (χ1v) is 8.36. The molecule has 0 saturated carbocycles. The highest BCUT2D eigenvalue weighted by atomic mass is 16.6. The van der Waals surface area contributed by atoms with Crippen LogP contribution in [0.1, 0.15) is 23.7 Å². The van der Waals surface area contributed by atoms with E-state index < -0.39 is 6.10 Å². The monoisotopic (exact) mass is 327 g/mol. The summed E-state index contributed by atoms with van der Waals surface area (Å²) >= 11 is 0. The smallest absolute Gasteiger partial charge is 0.169 e. The van der Waals surface area contributed by atoms with Crippen LogP contribution in [0.2, 0.25) is 0 Å². The van der Waals surface area contributed by atoms with E-state index in [0.717, 1.165) is 41.4 Å². The van der Waals surface area contributed by atoms with Crippen molar-refractivity contribution in [3.63, 3.8) is 0 Å². The highest BCUT2D eigenvalue weighted by molar-refractivity contribution is 5.68. The molecule has 5 heteroatoms. The lowest BCUT2D eigenvalue weighted by Crippen LogP contribution is -2.59. The highest BCUT2D eigenvalue weighted by Crippen LogP contribution is 2.64. The van der Waals surface area contributed by atoms with E-state index in [0.29, 0.717) is 0 Å². The first-order chi connectivity index (χ1) is 11.6. The average molecular weight is 327 g/mol. The lowest BCUT2D eigenvalue weighted by Gasteiger charge is -2.54. The van der Waals surface area contributed by atoms with Crippen LogP contribution in [0.15, 0.2) is 35.6 Å². The quantitative estimate of drug-likeness (QED) is 0.899. The van der Waals surface area contributed by atoms with Gasteiger partial charge in [0.15, 0.2) is 17.6 Å².